The molecule has 1 aromatic carbocycles. The highest BCUT2D eigenvalue weighted by molar-refractivity contribution is 7.92. The van der Waals surface area contributed by atoms with Crippen LogP contribution in [0.3, 0.4) is 0 Å². The Hall–Kier alpha value is -1.83. The largest absolute Gasteiger partial charge is 0.440 e. The molecule has 3 rings (SSSR count). The SMILES string of the molecule is CC(C)(C)c1nc2cc(NS(=O)(=O)c3ccc(Cl)nc3Cl)ccc2o1. The predicted molar refractivity (Wildman–Crippen MR) is 97.8 cm³/mol. The predicted octanol–water partition coefficient (Wildman–Crippen LogP) is 4.63. The number of aromatic nitrogens is 2. The van der Waals surface area contributed by atoms with Gasteiger partial charge in [0.25, 0.3) is 10.0 Å². The molecule has 0 aliphatic carbocycles. The molecule has 0 unspecified atom stereocenters. The van der Waals surface area contributed by atoms with Crippen molar-refractivity contribution in [2.75, 3.05) is 4.72 Å². The van der Waals surface area contributed by atoms with Crippen molar-refractivity contribution in [1.29, 1.82) is 0 Å². The number of hydrogen-bond donors (Lipinski definition) is 1. The third kappa shape index (κ3) is 3.73. The first-order valence-electron chi connectivity index (χ1n) is 7.32. The van der Waals surface area contributed by atoms with Gasteiger partial charge in [0.15, 0.2) is 10.7 Å². The number of anilines is 1. The van der Waals surface area contributed by atoms with Gasteiger partial charge in [-0.3, -0.25) is 4.72 Å². The van der Waals surface area contributed by atoms with Gasteiger partial charge in [0.2, 0.25) is 5.89 Å². The summed E-state index contributed by atoms with van der Waals surface area (Å²) in [5, 5.41) is -0.0831. The Morgan fingerprint density at radius 3 is 2.44 bits per heavy atom. The second-order valence-electron chi connectivity index (χ2n) is 6.48. The maximum atomic E-state index is 12.5. The summed E-state index contributed by atoms with van der Waals surface area (Å²) in [5.41, 5.74) is 1.23. The van der Waals surface area contributed by atoms with E-state index >= 15 is 0 Å². The molecule has 0 fully saturated rings. The van der Waals surface area contributed by atoms with Crippen molar-refractivity contribution in [3.8, 4) is 0 Å². The third-order valence-electron chi connectivity index (χ3n) is 3.35. The second-order valence-corrected chi connectivity index (χ2v) is 8.88. The molecule has 6 nitrogen and oxygen atoms in total. The summed E-state index contributed by atoms with van der Waals surface area (Å²) in [4.78, 5) is 8.01. The Balaban J connectivity index is 1.96. The summed E-state index contributed by atoms with van der Waals surface area (Å²) >= 11 is 11.6. The number of benzene rings is 1. The Morgan fingerprint density at radius 2 is 1.80 bits per heavy atom. The second kappa shape index (κ2) is 6.16. The lowest BCUT2D eigenvalue weighted by molar-refractivity contribution is 0.411. The minimum Gasteiger partial charge on any atom is -0.440 e. The summed E-state index contributed by atoms with van der Waals surface area (Å²) in [6, 6.07) is 7.51. The monoisotopic (exact) mass is 399 g/mol. The molecule has 2 aromatic heterocycles. The Morgan fingerprint density at radius 1 is 1.08 bits per heavy atom. The van der Waals surface area contributed by atoms with Crippen LogP contribution in [0.1, 0.15) is 26.7 Å². The van der Waals surface area contributed by atoms with Crippen molar-refractivity contribution in [1.82, 2.24) is 9.97 Å². The number of oxazole rings is 1. The molecular weight excluding hydrogens is 385 g/mol. The number of nitrogens with one attached hydrogen (secondary N) is 1. The average Bonchev–Trinajstić information content (AvgIpc) is 2.89. The first-order chi connectivity index (χ1) is 11.6. The molecule has 25 heavy (non-hydrogen) atoms. The minimum atomic E-state index is -3.91. The van der Waals surface area contributed by atoms with Crippen LogP contribution in [0.4, 0.5) is 5.69 Å². The van der Waals surface area contributed by atoms with E-state index in [1.165, 1.54) is 12.1 Å². The smallest absolute Gasteiger partial charge is 0.264 e. The number of sulfonamides is 1. The van der Waals surface area contributed by atoms with Crippen LogP contribution in [-0.2, 0) is 15.4 Å². The van der Waals surface area contributed by atoms with E-state index in [0.717, 1.165) is 0 Å². The van der Waals surface area contributed by atoms with Crippen LogP contribution in [0.25, 0.3) is 11.1 Å². The van der Waals surface area contributed by atoms with Gasteiger partial charge in [-0.15, -0.1) is 0 Å². The quantitative estimate of drug-likeness (QED) is 0.648. The number of nitrogens with zero attached hydrogens (tertiary/aromatic N) is 2. The third-order valence-corrected chi connectivity index (χ3v) is 5.37. The highest BCUT2D eigenvalue weighted by atomic mass is 35.5. The van der Waals surface area contributed by atoms with Gasteiger partial charge in [-0.2, -0.15) is 0 Å². The molecule has 0 saturated heterocycles. The highest BCUT2D eigenvalue weighted by Crippen LogP contribution is 2.29. The van der Waals surface area contributed by atoms with E-state index in [9.17, 15) is 8.42 Å². The molecule has 1 N–H and O–H groups in total. The maximum Gasteiger partial charge on any atom is 0.264 e. The van der Waals surface area contributed by atoms with Gasteiger partial charge in [-0.25, -0.2) is 18.4 Å². The van der Waals surface area contributed by atoms with E-state index in [2.05, 4.69) is 14.7 Å². The summed E-state index contributed by atoms with van der Waals surface area (Å²) in [6.45, 7) is 5.95. The van der Waals surface area contributed by atoms with E-state index in [1.54, 1.807) is 18.2 Å². The lowest BCUT2D eigenvalue weighted by atomic mass is 9.97. The van der Waals surface area contributed by atoms with Crippen LogP contribution in [0.2, 0.25) is 10.3 Å². The van der Waals surface area contributed by atoms with Crippen molar-refractivity contribution in [2.45, 2.75) is 31.1 Å². The number of fused-ring (bicyclic) bond motifs is 1. The fourth-order valence-electron chi connectivity index (χ4n) is 2.12. The first kappa shape index (κ1) is 18.0. The molecule has 3 aromatic rings. The van der Waals surface area contributed by atoms with Gasteiger partial charge in [-0.1, -0.05) is 44.0 Å². The molecule has 0 aliphatic rings. The van der Waals surface area contributed by atoms with E-state index in [-0.39, 0.29) is 20.6 Å². The van der Waals surface area contributed by atoms with Gasteiger partial charge in [0.05, 0.1) is 5.69 Å². The number of pyridine rings is 1. The number of halogens is 2. The van der Waals surface area contributed by atoms with Crippen LogP contribution in [0, 0.1) is 0 Å². The van der Waals surface area contributed by atoms with Crippen molar-refractivity contribution in [3.05, 3.63) is 46.5 Å². The fraction of sp³-hybridized carbons (Fsp3) is 0.250. The zero-order valence-corrected chi connectivity index (χ0v) is 16.0. The van der Waals surface area contributed by atoms with Crippen molar-refractivity contribution in [2.24, 2.45) is 0 Å². The Kier molecular flexibility index (Phi) is 4.43. The average molecular weight is 400 g/mol. The van der Waals surface area contributed by atoms with Crippen LogP contribution in [0.5, 0.6) is 0 Å². The van der Waals surface area contributed by atoms with Crippen LogP contribution in [-0.4, -0.2) is 18.4 Å². The van der Waals surface area contributed by atoms with Gasteiger partial charge < -0.3 is 4.42 Å². The lowest BCUT2D eigenvalue weighted by Gasteiger charge is -2.11. The maximum absolute atomic E-state index is 12.5. The molecular formula is C16H15Cl2N3O3S. The zero-order chi connectivity index (χ0) is 18.4. The molecule has 0 saturated carbocycles. The molecule has 0 radical (unpaired) electrons. The van der Waals surface area contributed by atoms with Gasteiger partial charge in [-0.05, 0) is 30.3 Å². The van der Waals surface area contributed by atoms with Crippen LogP contribution in [0.15, 0.2) is 39.6 Å². The Bertz CT molecular complexity index is 1060. The van der Waals surface area contributed by atoms with Crippen molar-refractivity contribution >= 4 is 50.0 Å². The molecule has 0 aliphatic heterocycles. The Labute approximate surface area is 155 Å². The molecule has 0 atom stereocenters. The summed E-state index contributed by atoms with van der Waals surface area (Å²) < 4.78 is 33.2. The van der Waals surface area contributed by atoms with E-state index in [4.69, 9.17) is 27.6 Å². The topological polar surface area (TPSA) is 85.1 Å². The number of hydrogen-bond acceptors (Lipinski definition) is 5. The van der Waals surface area contributed by atoms with Crippen LogP contribution >= 0.6 is 23.2 Å². The van der Waals surface area contributed by atoms with E-state index < -0.39 is 10.0 Å². The standard InChI is InChI=1S/C16H15Cl2N3O3S/c1-16(2,3)15-19-10-8-9(4-5-11(10)24-15)21-25(22,23)12-6-7-13(17)20-14(12)18/h4-8,21H,1-3H3. The molecule has 0 bridgehead atoms. The first-order valence-corrected chi connectivity index (χ1v) is 9.56. The normalized spacial score (nSPS) is 12.5. The van der Waals surface area contributed by atoms with Crippen molar-refractivity contribution < 1.29 is 12.8 Å². The fourth-order valence-corrected chi connectivity index (χ4v) is 3.83. The molecule has 9 heteroatoms. The van der Waals surface area contributed by atoms with Gasteiger partial charge >= 0.3 is 0 Å². The molecule has 0 amide bonds. The molecule has 0 spiro atoms. The van der Waals surface area contributed by atoms with Gasteiger partial charge in [0.1, 0.15) is 15.6 Å². The summed E-state index contributed by atoms with van der Waals surface area (Å²) in [5.74, 6) is 0.576. The van der Waals surface area contributed by atoms with Gasteiger partial charge in [0, 0.05) is 5.41 Å². The molecule has 2 heterocycles. The van der Waals surface area contributed by atoms with E-state index in [1.807, 2.05) is 20.8 Å². The minimum absolute atomic E-state index is 0.114. The summed E-state index contributed by atoms with van der Waals surface area (Å²) in [7, 11) is -3.91. The van der Waals surface area contributed by atoms with Crippen LogP contribution < -0.4 is 4.72 Å². The van der Waals surface area contributed by atoms with E-state index in [0.29, 0.717) is 22.7 Å². The van der Waals surface area contributed by atoms with Crippen molar-refractivity contribution in [3.63, 3.8) is 0 Å². The highest BCUT2D eigenvalue weighted by Gasteiger charge is 2.22. The summed E-state index contributed by atoms with van der Waals surface area (Å²) in [6.07, 6.45) is 0. The number of rotatable bonds is 3. The lowest BCUT2D eigenvalue weighted by Crippen LogP contribution is -2.14. The zero-order valence-electron chi connectivity index (χ0n) is 13.7. The molecule has 132 valence electrons.